The number of anilines is 1. The standard InChI is InChI=1S/C16H24BrN3O/c1-11-3-6-20(7-4-11)8-5-19-16(21)14-9-13(17)10-15(18)12(14)2/h9-11H,3-8,18H2,1-2H3,(H,19,21). The number of nitrogens with zero attached hydrogens (tertiary/aromatic N) is 1. The summed E-state index contributed by atoms with van der Waals surface area (Å²) >= 11 is 3.38. The molecule has 2 rings (SSSR count). The van der Waals surface area contributed by atoms with Crippen molar-refractivity contribution in [3.63, 3.8) is 0 Å². The molecule has 3 N–H and O–H groups in total. The first-order valence-electron chi connectivity index (χ1n) is 7.53. The molecule has 1 aromatic rings. The van der Waals surface area contributed by atoms with Gasteiger partial charge >= 0.3 is 0 Å². The normalized spacial score (nSPS) is 16.9. The number of nitrogens with one attached hydrogen (secondary N) is 1. The van der Waals surface area contributed by atoms with Crippen LogP contribution in [0.15, 0.2) is 16.6 Å². The number of nitrogens with two attached hydrogens (primary N) is 1. The molecule has 0 atom stereocenters. The maximum absolute atomic E-state index is 12.3. The number of rotatable bonds is 4. The molecule has 0 saturated carbocycles. The van der Waals surface area contributed by atoms with E-state index in [1.807, 2.05) is 19.1 Å². The Kier molecular flexibility index (Phi) is 5.65. The van der Waals surface area contributed by atoms with Crippen LogP contribution < -0.4 is 11.1 Å². The SMILES string of the molecule is Cc1c(N)cc(Br)cc1C(=O)NCCN1CCC(C)CC1. The van der Waals surface area contributed by atoms with E-state index in [-0.39, 0.29) is 5.91 Å². The molecule has 0 aliphatic carbocycles. The Hall–Kier alpha value is -1.07. The van der Waals surface area contributed by atoms with Crippen molar-refractivity contribution in [3.8, 4) is 0 Å². The lowest BCUT2D eigenvalue weighted by Gasteiger charge is -2.30. The van der Waals surface area contributed by atoms with Gasteiger partial charge in [0, 0.05) is 28.8 Å². The molecule has 1 aliphatic rings. The van der Waals surface area contributed by atoms with Crippen molar-refractivity contribution in [1.29, 1.82) is 0 Å². The Bertz CT molecular complexity index is 510. The van der Waals surface area contributed by atoms with Gasteiger partial charge in [0.15, 0.2) is 0 Å². The maximum Gasteiger partial charge on any atom is 0.251 e. The number of amides is 1. The van der Waals surface area contributed by atoms with Crippen LogP contribution in [0.1, 0.15) is 35.7 Å². The van der Waals surface area contributed by atoms with Crippen LogP contribution in [0.4, 0.5) is 5.69 Å². The van der Waals surface area contributed by atoms with Gasteiger partial charge in [-0.15, -0.1) is 0 Å². The van der Waals surface area contributed by atoms with Gasteiger partial charge in [-0.1, -0.05) is 22.9 Å². The molecular weight excluding hydrogens is 330 g/mol. The van der Waals surface area contributed by atoms with E-state index < -0.39 is 0 Å². The van der Waals surface area contributed by atoms with Gasteiger partial charge in [-0.2, -0.15) is 0 Å². The van der Waals surface area contributed by atoms with E-state index in [2.05, 4.69) is 33.1 Å². The molecule has 0 spiro atoms. The average molecular weight is 354 g/mol. The summed E-state index contributed by atoms with van der Waals surface area (Å²) in [6.45, 7) is 8.06. The fourth-order valence-corrected chi connectivity index (χ4v) is 3.12. The van der Waals surface area contributed by atoms with Gasteiger partial charge in [-0.25, -0.2) is 0 Å². The van der Waals surface area contributed by atoms with E-state index in [4.69, 9.17) is 5.73 Å². The Morgan fingerprint density at radius 3 is 2.76 bits per heavy atom. The molecule has 1 amide bonds. The maximum atomic E-state index is 12.3. The number of carbonyl (C=O) groups excluding carboxylic acids is 1. The fourth-order valence-electron chi connectivity index (χ4n) is 2.64. The first-order valence-corrected chi connectivity index (χ1v) is 8.33. The highest BCUT2D eigenvalue weighted by Gasteiger charge is 2.16. The van der Waals surface area contributed by atoms with Crippen molar-refractivity contribution in [1.82, 2.24) is 10.2 Å². The molecule has 0 bridgehead atoms. The zero-order valence-electron chi connectivity index (χ0n) is 12.8. The van der Waals surface area contributed by atoms with E-state index >= 15 is 0 Å². The van der Waals surface area contributed by atoms with Crippen molar-refractivity contribution >= 4 is 27.5 Å². The quantitative estimate of drug-likeness (QED) is 0.818. The van der Waals surface area contributed by atoms with Crippen LogP contribution in [0.2, 0.25) is 0 Å². The van der Waals surface area contributed by atoms with E-state index in [0.29, 0.717) is 17.8 Å². The molecule has 0 unspecified atom stereocenters. The molecule has 1 aliphatic heterocycles. The Morgan fingerprint density at radius 2 is 2.10 bits per heavy atom. The van der Waals surface area contributed by atoms with E-state index in [1.54, 1.807) is 0 Å². The lowest BCUT2D eigenvalue weighted by atomic mass is 9.99. The second-order valence-electron chi connectivity index (χ2n) is 5.95. The summed E-state index contributed by atoms with van der Waals surface area (Å²) in [6, 6.07) is 3.64. The number of halogens is 1. The summed E-state index contributed by atoms with van der Waals surface area (Å²) in [7, 11) is 0. The van der Waals surface area contributed by atoms with Crippen LogP contribution in [0.5, 0.6) is 0 Å². The van der Waals surface area contributed by atoms with Crippen molar-refractivity contribution < 1.29 is 4.79 Å². The van der Waals surface area contributed by atoms with Crippen molar-refractivity contribution in [2.24, 2.45) is 5.92 Å². The summed E-state index contributed by atoms with van der Waals surface area (Å²) in [5.74, 6) is 0.786. The van der Waals surface area contributed by atoms with Crippen LogP contribution in [-0.4, -0.2) is 37.0 Å². The highest BCUT2D eigenvalue weighted by molar-refractivity contribution is 9.10. The summed E-state index contributed by atoms with van der Waals surface area (Å²) in [5.41, 5.74) is 8.02. The summed E-state index contributed by atoms with van der Waals surface area (Å²) in [6.07, 6.45) is 2.52. The number of likely N-dealkylation sites (tertiary alicyclic amines) is 1. The van der Waals surface area contributed by atoms with Gasteiger partial charge in [-0.3, -0.25) is 4.79 Å². The van der Waals surface area contributed by atoms with Gasteiger partial charge < -0.3 is 16.0 Å². The molecule has 1 aromatic carbocycles. The molecule has 116 valence electrons. The third-order valence-corrected chi connectivity index (χ3v) is 4.70. The second-order valence-corrected chi connectivity index (χ2v) is 6.86. The number of carbonyl (C=O) groups is 1. The minimum Gasteiger partial charge on any atom is -0.398 e. The molecule has 0 aromatic heterocycles. The van der Waals surface area contributed by atoms with Gasteiger partial charge in [0.25, 0.3) is 5.91 Å². The molecule has 1 heterocycles. The Morgan fingerprint density at radius 1 is 1.43 bits per heavy atom. The molecule has 1 saturated heterocycles. The van der Waals surface area contributed by atoms with E-state index in [1.165, 1.54) is 12.8 Å². The molecule has 4 nitrogen and oxygen atoms in total. The number of nitrogen functional groups attached to an aromatic ring is 1. The van der Waals surface area contributed by atoms with Crippen LogP contribution in [0, 0.1) is 12.8 Å². The molecule has 1 fully saturated rings. The van der Waals surface area contributed by atoms with Crippen LogP contribution >= 0.6 is 15.9 Å². The van der Waals surface area contributed by atoms with E-state index in [0.717, 1.165) is 35.6 Å². The first kappa shape index (κ1) is 16.3. The van der Waals surface area contributed by atoms with Crippen molar-refractivity contribution in [2.75, 3.05) is 31.9 Å². The third-order valence-electron chi connectivity index (χ3n) is 4.25. The monoisotopic (exact) mass is 353 g/mol. The first-order chi connectivity index (χ1) is 9.97. The zero-order valence-corrected chi connectivity index (χ0v) is 14.4. The number of hydrogen-bond acceptors (Lipinski definition) is 3. The van der Waals surface area contributed by atoms with Crippen molar-refractivity contribution in [2.45, 2.75) is 26.7 Å². The molecular formula is C16H24BrN3O. The largest absolute Gasteiger partial charge is 0.398 e. The molecule has 5 heteroatoms. The predicted octanol–water partition coefficient (Wildman–Crippen LogP) is 2.80. The average Bonchev–Trinajstić information content (AvgIpc) is 2.44. The number of hydrogen-bond donors (Lipinski definition) is 2. The minimum atomic E-state index is -0.0501. The van der Waals surface area contributed by atoms with Gasteiger partial charge in [-0.05, 0) is 56.5 Å². The minimum absolute atomic E-state index is 0.0501. The highest BCUT2D eigenvalue weighted by atomic mass is 79.9. The summed E-state index contributed by atoms with van der Waals surface area (Å²) in [4.78, 5) is 14.7. The summed E-state index contributed by atoms with van der Waals surface area (Å²) < 4.78 is 0.834. The molecule has 21 heavy (non-hydrogen) atoms. The Labute approximate surface area is 135 Å². The molecule has 0 radical (unpaired) electrons. The van der Waals surface area contributed by atoms with Crippen LogP contribution in [0.25, 0.3) is 0 Å². The number of piperidine rings is 1. The zero-order chi connectivity index (χ0) is 15.4. The highest BCUT2D eigenvalue weighted by Crippen LogP contribution is 2.22. The second kappa shape index (κ2) is 7.27. The van der Waals surface area contributed by atoms with Crippen molar-refractivity contribution in [3.05, 3.63) is 27.7 Å². The lowest BCUT2D eigenvalue weighted by Crippen LogP contribution is -2.39. The van der Waals surface area contributed by atoms with Gasteiger partial charge in [0.1, 0.15) is 0 Å². The summed E-state index contributed by atoms with van der Waals surface area (Å²) in [5, 5.41) is 3.00. The lowest BCUT2D eigenvalue weighted by molar-refractivity contribution is 0.0944. The van der Waals surface area contributed by atoms with Crippen LogP contribution in [-0.2, 0) is 0 Å². The van der Waals surface area contributed by atoms with Gasteiger partial charge in [0.05, 0.1) is 0 Å². The topological polar surface area (TPSA) is 58.4 Å². The van der Waals surface area contributed by atoms with Crippen LogP contribution in [0.3, 0.4) is 0 Å². The Balaban J connectivity index is 1.85. The predicted molar refractivity (Wildman–Crippen MR) is 90.5 cm³/mol. The third kappa shape index (κ3) is 4.45. The smallest absolute Gasteiger partial charge is 0.251 e. The number of benzene rings is 1. The fraction of sp³-hybridized carbons (Fsp3) is 0.562. The van der Waals surface area contributed by atoms with Gasteiger partial charge in [0.2, 0.25) is 0 Å². The van der Waals surface area contributed by atoms with E-state index in [9.17, 15) is 4.79 Å².